The number of benzene rings is 3. The molecule has 36 heavy (non-hydrogen) atoms. The summed E-state index contributed by atoms with van der Waals surface area (Å²) in [6.07, 6.45) is 2.34. The van der Waals surface area contributed by atoms with Gasteiger partial charge in [0.2, 0.25) is 5.91 Å². The number of anilines is 1. The van der Waals surface area contributed by atoms with Crippen molar-refractivity contribution in [3.63, 3.8) is 0 Å². The summed E-state index contributed by atoms with van der Waals surface area (Å²) >= 11 is 3.53. The van der Waals surface area contributed by atoms with Crippen molar-refractivity contribution in [2.24, 2.45) is 5.92 Å². The maximum absolute atomic E-state index is 12.3. The Bertz CT molecular complexity index is 771. The third-order valence-electron chi connectivity index (χ3n) is 4.31. The molecule has 0 spiro atoms. The van der Waals surface area contributed by atoms with Crippen molar-refractivity contribution in [3.05, 3.63) is 124 Å². The Morgan fingerprint density at radius 1 is 0.806 bits per heavy atom. The van der Waals surface area contributed by atoms with Gasteiger partial charge in [-0.15, -0.1) is 0 Å². The van der Waals surface area contributed by atoms with Crippen molar-refractivity contribution in [2.75, 3.05) is 11.2 Å². The molecule has 1 aliphatic heterocycles. The normalized spacial score (nSPS) is 13.5. The fourth-order valence-electron chi connectivity index (χ4n) is 3.08. The SMILES string of the molecule is CC.CC.CS.[CH2-]CC1C(=O)N(c2ccccc2)C1c1ccccc1.[CH3-].[CH3-].[V+2].[W].[Y].[c-]1ccccc1. The number of carbonyl (C=O) groups excluding carboxylic acids is 1. The molecular weight excluding hydrogens is 746 g/mol. The topological polar surface area (TPSA) is 20.3 Å². The predicted molar refractivity (Wildman–Crippen MR) is 152 cm³/mol. The van der Waals surface area contributed by atoms with E-state index in [-0.39, 0.29) is 105 Å². The van der Waals surface area contributed by atoms with Gasteiger partial charge in [-0.25, -0.2) is 0 Å². The van der Waals surface area contributed by atoms with Crippen LogP contribution >= 0.6 is 12.6 Å². The molecule has 0 saturated carbocycles. The molecular formula is C30H43NOSVWY-2. The number of hydrogen-bond donors (Lipinski definition) is 1. The molecule has 1 saturated heterocycles. The molecule has 196 valence electrons. The van der Waals surface area contributed by atoms with Crippen LogP contribution in [-0.2, 0) is 77.1 Å². The van der Waals surface area contributed by atoms with E-state index >= 15 is 0 Å². The number of rotatable bonds is 3. The molecule has 2 unspecified atom stereocenters. The van der Waals surface area contributed by atoms with Crippen molar-refractivity contribution in [1.82, 2.24) is 0 Å². The molecule has 2 radical (unpaired) electrons. The van der Waals surface area contributed by atoms with Crippen molar-refractivity contribution >= 4 is 24.2 Å². The second kappa shape index (κ2) is 32.9. The van der Waals surface area contributed by atoms with Crippen LogP contribution in [0.5, 0.6) is 0 Å². The van der Waals surface area contributed by atoms with Gasteiger partial charge in [0.05, 0.1) is 6.04 Å². The molecule has 1 amide bonds. The Balaban J connectivity index is -0.000000114. The zero-order valence-corrected chi connectivity index (χ0v) is 31.0. The molecule has 0 N–H and O–H groups in total. The summed E-state index contributed by atoms with van der Waals surface area (Å²) < 4.78 is 0. The Morgan fingerprint density at radius 2 is 1.19 bits per heavy atom. The molecule has 2 nitrogen and oxygen atoms in total. The number of para-hydroxylation sites is 1. The summed E-state index contributed by atoms with van der Waals surface area (Å²) in [5.74, 6) is 0.178. The third kappa shape index (κ3) is 16.0. The van der Waals surface area contributed by atoms with E-state index in [1.165, 1.54) is 5.56 Å². The van der Waals surface area contributed by atoms with Crippen LogP contribution in [0.3, 0.4) is 0 Å². The molecule has 3 aromatic rings. The summed E-state index contributed by atoms with van der Waals surface area (Å²) in [6, 6.07) is 32.6. The van der Waals surface area contributed by atoms with Crippen LogP contribution in [0.1, 0.15) is 45.7 Å². The van der Waals surface area contributed by atoms with Crippen LogP contribution in [0.25, 0.3) is 0 Å². The monoisotopic (exact) mass is 789 g/mol. The number of β-lactam (4-membered cyclic amide) rings is 1. The zero-order chi connectivity index (χ0) is 23.5. The minimum absolute atomic E-state index is 0. The molecule has 1 fully saturated rings. The summed E-state index contributed by atoms with van der Waals surface area (Å²) in [4.78, 5) is 14.1. The molecule has 0 aliphatic carbocycles. The summed E-state index contributed by atoms with van der Waals surface area (Å²) in [5.41, 5.74) is 2.14. The first-order valence-corrected chi connectivity index (χ1v) is 11.8. The number of amides is 1. The van der Waals surface area contributed by atoms with E-state index in [4.69, 9.17) is 0 Å². The standard InChI is InChI=1S/C17H16NO.C6H5.2C2H6.CH4S.2CH3.V.W.Y/c1-2-15-16(13-9-5-3-6-10-13)18(17(15)19)14-11-7-4-8-12-14;1-2-4-6-5-3-1;3*1-2;;;;;/h3-12,15-16H,1-2H2;1-5H;2*1-2H3;2H,1H3;2*1H3;;;/q2*-1;;;;2*-1;+2;;. The van der Waals surface area contributed by atoms with Gasteiger partial charge in [-0.3, -0.25) is 4.79 Å². The molecule has 1 heterocycles. The van der Waals surface area contributed by atoms with Gasteiger partial charge in [-0.2, -0.15) is 55.4 Å². The maximum Gasteiger partial charge on any atom is 2.00 e. The Hall–Kier alpha value is -0.143. The Morgan fingerprint density at radius 3 is 1.53 bits per heavy atom. The van der Waals surface area contributed by atoms with Crippen molar-refractivity contribution < 1.29 is 77.1 Å². The van der Waals surface area contributed by atoms with Gasteiger partial charge in [-0.1, -0.05) is 76.2 Å². The smallest absolute Gasteiger partial charge is 0.358 e. The Labute approximate surface area is 280 Å². The van der Waals surface area contributed by atoms with E-state index in [9.17, 15) is 4.79 Å². The van der Waals surface area contributed by atoms with Crippen LogP contribution in [0.2, 0.25) is 0 Å². The maximum atomic E-state index is 12.3. The third-order valence-corrected chi connectivity index (χ3v) is 4.31. The summed E-state index contributed by atoms with van der Waals surface area (Å²) in [6.45, 7) is 11.9. The molecule has 3 aromatic carbocycles. The molecule has 1 aliphatic rings. The summed E-state index contributed by atoms with van der Waals surface area (Å²) in [5, 5.41) is 0. The van der Waals surface area contributed by atoms with E-state index in [0.29, 0.717) is 6.42 Å². The number of nitrogens with zero attached hydrogens (tertiary/aromatic N) is 1. The van der Waals surface area contributed by atoms with Gasteiger partial charge in [0.1, 0.15) is 0 Å². The first-order valence-electron chi connectivity index (χ1n) is 10.9. The zero-order valence-electron chi connectivity index (χ0n) is 23.0. The van der Waals surface area contributed by atoms with Gasteiger partial charge in [0.25, 0.3) is 0 Å². The van der Waals surface area contributed by atoms with Crippen LogP contribution in [0.15, 0.2) is 91.0 Å². The summed E-state index contributed by atoms with van der Waals surface area (Å²) in [7, 11) is 0. The van der Waals surface area contributed by atoms with Crippen molar-refractivity contribution in [3.8, 4) is 0 Å². The Kier molecular flexibility index (Phi) is 44.6. The van der Waals surface area contributed by atoms with Crippen LogP contribution in [0, 0.1) is 33.8 Å². The average Bonchev–Trinajstić information content (AvgIpc) is 2.89. The van der Waals surface area contributed by atoms with E-state index in [1.807, 2.05) is 111 Å². The van der Waals surface area contributed by atoms with Gasteiger partial charge >= 0.3 is 18.6 Å². The van der Waals surface area contributed by atoms with E-state index in [1.54, 1.807) is 6.26 Å². The molecule has 2 atom stereocenters. The van der Waals surface area contributed by atoms with E-state index in [2.05, 4.69) is 37.8 Å². The number of hydrogen-bond acceptors (Lipinski definition) is 2. The van der Waals surface area contributed by atoms with E-state index in [0.717, 1.165) is 5.69 Å². The minimum Gasteiger partial charge on any atom is -0.358 e. The van der Waals surface area contributed by atoms with Gasteiger partial charge in [-0.05, 0) is 24.0 Å². The van der Waals surface area contributed by atoms with E-state index < -0.39 is 0 Å². The van der Waals surface area contributed by atoms with Crippen LogP contribution in [-0.4, -0.2) is 12.2 Å². The fourth-order valence-corrected chi connectivity index (χ4v) is 3.08. The molecule has 6 heteroatoms. The van der Waals surface area contributed by atoms with Gasteiger partial charge < -0.3 is 26.7 Å². The second-order valence-electron chi connectivity index (χ2n) is 5.87. The van der Waals surface area contributed by atoms with Gasteiger partial charge in [0.15, 0.2) is 0 Å². The van der Waals surface area contributed by atoms with Crippen molar-refractivity contribution in [1.29, 1.82) is 0 Å². The number of thiol groups is 1. The molecule has 0 bridgehead atoms. The first kappa shape index (κ1) is 48.9. The minimum atomic E-state index is 0. The quantitative estimate of drug-likeness (QED) is 0.160. The van der Waals surface area contributed by atoms with Crippen LogP contribution < -0.4 is 4.90 Å². The van der Waals surface area contributed by atoms with Gasteiger partial charge in [0, 0.05) is 65.4 Å². The predicted octanol–water partition coefficient (Wildman–Crippen LogP) is 8.59. The van der Waals surface area contributed by atoms with Crippen molar-refractivity contribution in [2.45, 2.75) is 40.2 Å². The fraction of sp³-hybridized carbons (Fsp3) is 0.267. The molecule has 4 rings (SSSR count). The molecule has 0 aromatic heterocycles. The largest absolute Gasteiger partial charge is 2.00 e. The second-order valence-corrected chi connectivity index (χ2v) is 5.87. The average molecular weight is 789 g/mol. The number of carbonyl (C=O) groups is 1. The van der Waals surface area contributed by atoms with Crippen LogP contribution in [0.4, 0.5) is 5.69 Å². The first-order chi connectivity index (χ1) is 15.3.